The van der Waals surface area contributed by atoms with Crippen molar-refractivity contribution >= 4 is 22.7 Å². The zero-order valence-corrected chi connectivity index (χ0v) is 8.16. The van der Waals surface area contributed by atoms with E-state index in [2.05, 4.69) is 0 Å². The molecule has 11 heavy (non-hydrogen) atoms. The molecule has 0 heterocycles. The monoisotopic (exact) mass is 198 g/mol. The predicted molar refractivity (Wildman–Crippen MR) is 49.4 cm³/mol. The van der Waals surface area contributed by atoms with Gasteiger partial charge in [-0.2, -0.15) is 0 Å². The van der Waals surface area contributed by atoms with Crippen molar-refractivity contribution in [2.45, 2.75) is 32.1 Å². The summed E-state index contributed by atoms with van der Waals surface area (Å²) in [7, 11) is 0. The first-order chi connectivity index (χ1) is 5.27. The van der Waals surface area contributed by atoms with Gasteiger partial charge in [-0.05, 0) is 12.8 Å². The van der Waals surface area contributed by atoms with Crippen LogP contribution in [0.15, 0.2) is 0 Å². The molecule has 0 aliphatic rings. The van der Waals surface area contributed by atoms with Gasteiger partial charge in [0.05, 0.1) is 0 Å². The van der Waals surface area contributed by atoms with Crippen LogP contribution in [0.4, 0.5) is 0 Å². The van der Waals surface area contributed by atoms with Gasteiger partial charge in [-0.15, -0.1) is 11.6 Å². The second kappa shape index (κ2) is 8.50. The molecular weight excluding hydrogens is 184 g/mol. The van der Waals surface area contributed by atoms with Crippen LogP contribution < -0.4 is 0 Å². The molecule has 0 aromatic rings. The highest BCUT2D eigenvalue weighted by Gasteiger charge is 1.93. The maximum atomic E-state index is 10.2. The molecule has 0 aromatic heterocycles. The number of rotatable bonds is 7. The van der Waals surface area contributed by atoms with Gasteiger partial charge in [-0.1, -0.05) is 19.3 Å². The molecule has 0 aliphatic heterocycles. The van der Waals surface area contributed by atoms with Crippen LogP contribution in [-0.4, -0.2) is 20.4 Å². The molecular formula is C7H15ClO2S. The van der Waals surface area contributed by atoms with Crippen LogP contribution in [0.1, 0.15) is 32.1 Å². The zero-order valence-electron chi connectivity index (χ0n) is 6.59. The van der Waals surface area contributed by atoms with E-state index in [1.807, 2.05) is 0 Å². The summed E-state index contributed by atoms with van der Waals surface area (Å²) in [5.41, 5.74) is 0. The van der Waals surface area contributed by atoms with Crippen molar-refractivity contribution in [3.05, 3.63) is 0 Å². The molecule has 4 heteroatoms. The fourth-order valence-corrected chi connectivity index (χ4v) is 1.49. The minimum atomic E-state index is -1.60. The van der Waals surface area contributed by atoms with Gasteiger partial charge in [-0.3, -0.25) is 0 Å². The average molecular weight is 199 g/mol. The summed E-state index contributed by atoms with van der Waals surface area (Å²) in [5.74, 6) is 1.15. The summed E-state index contributed by atoms with van der Waals surface area (Å²) in [5, 5.41) is 0. The fourth-order valence-electron chi connectivity index (χ4n) is 0.850. The van der Waals surface area contributed by atoms with E-state index < -0.39 is 11.1 Å². The van der Waals surface area contributed by atoms with Gasteiger partial charge >= 0.3 is 0 Å². The van der Waals surface area contributed by atoms with E-state index in [-0.39, 0.29) is 0 Å². The normalized spacial score (nSPS) is 13.3. The molecule has 2 nitrogen and oxygen atoms in total. The standard InChI is InChI=1S/C7H15ClO2S/c8-6-4-2-1-3-5-7-11(9)10/h1-7H2,(H,9,10). The quantitative estimate of drug-likeness (QED) is 0.388. The number of halogens is 1. The van der Waals surface area contributed by atoms with Crippen LogP contribution in [-0.2, 0) is 11.1 Å². The molecule has 0 spiro atoms. The maximum absolute atomic E-state index is 10.2. The lowest BCUT2D eigenvalue weighted by Gasteiger charge is -1.96. The van der Waals surface area contributed by atoms with Gasteiger partial charge in [0.2, 0.25) is 0 Å². The topological polar surface area (TPSA) is 37.3 Å². The molecule has 68 valence electrons. The molecule has 1 atom stereocenters. The molecule has 0 amide bonds. The minimum absolute atomic E-state index is 0.418. The Bertz CT molecular complexity index is 109. The van der Waals surface area contributed by atoms with E-state index in [0.29, 0.717) is 5.75 Å². The number of unbranched alkanes of at least 4 members (excludes halogenated alkanes) is 4. The first-order valence-corrected chi connectivity index (χ1v) is 5.72. The number of hydrogen-bond donors (Lipinski definition) is 1. The van der Waals surface area contributed by atoms with E-state index in [1.165, 1.54) is 0 Å². The smallest absolute Gasteiger partial charge is 0.152 e. The Morgan fingerprint density at radius 3 is 2.18 bits per heavy atom. The summed E-state index contributed by atoms with van der Waals surface area (Å²) in [6, 6.07) is 0. The molecule has 1 N–H and O–H groups in total. The lowest BCUT2D eigenvalue weighted by atomic mass is 10.2. The third kappa shape index (κ3) is 10.4. The van der Waals surface area contributed by atoms with E-state index >= 15 is 0 Å². The highest BCUT2D eigenvalue weighted by atomic mass is 35.5. The first-order valence-electron chi connectivity index (χ1n) is 3.91. The van der Waals surface area contributed by atoms with Crippen molar-refractivity contribution in [2.75, 3.05) is 11.6 Å². The highest BCUT2D eigenvalue weighted by molar-refractivity contribution is 7.79. The van der Waals surface area contributed by atoms with Crippen LogP contribution in [0.3, 0.4) is 0 Å². The van der Waals surface area contributed by atoms with Gasteiger partial charge in [0.1, 0.15) is 0 Å². The summed E-state index contributed by atoms with van der Waals surface area (Å²) in [6.07, 6.45) is 5.23. The SMILES string of the molecule is O=S(O)CCCCCCCCl. The molecule has 0 bridgehead atoms. The van der Waals surface area contributed by atoms with E-state index in [1.54, 1.807) is 0 Å². The van der Waals surface area contributed by atoms with Crippen LogP contribution in [0.5, 0.6) is 0 Å². The Balaban J connectivity index is 2.85. The predicted octanol–water partition coefficient (Wildman–Crippen LogP) is 2.40. The fraction of sp³-hybridized carbons (Fsp3) is 1.00. The van der Waals surface area contributed by atoms with Crippen molar-refractivity contribution < 1.29 is 8.76 Å². The zero-order chi connectivity index (χ0) is 8.53. The Morgan fingerprint density at radius 1 is 1.09 bits per heavy atom. The molecule has 0 saturated carbocycles. The van der Waals surface area contributed by atoms with Crippen molar-refractivity contribution in [1.82, 2.24) is 0 Å². The summed E-state index contributed by atoms with van der Waals surface area (Å²) in [4.78, 5) is 0. The van der Waals surface area contributed by atoms with Crippen molar-refractivity contribution in [1.29, 1.82) is 0 Å². The first kappa shape index (κ1) is 11.4. The lowest BCUT2D eigenvalue weighted by molar-refractivity contribution is 0.557. The minimum Gasteiger partial charge on any atom is -0.306 e. The van der Waals surface area contributed by atoms with Gasteiger partial charge in [0.25, 0.3) is 0 Å². The largest absolute Gasteiger partial charge is 0.306 e. The molecule has 1 unspecified atom stereocenters. The second-order valence-corrected chi connectivity index (χ2v) is 3.91. The van der Waals surface area contributed by atoms with Gasteiger partial charge in [-0.25, -0.2) is 4.21 Å². The van der Waals surface area contributed by atoms with Gasteiger partial charge in [0, 0.05) is 11.6 Å². The van der Waals surface area contributed by atoms with Gasteiger partial charge in [0.15, 0.2) is 11.1 Å². The summed E-state index contributed by atoms with van der Waals surface area (Å²) < 4.78 is 18.6. The highest BCUT2D eigenvalue weighted by Crippen LogP contribution is 2.03. The van der Waals surface area contributed by atoms with E-state index in [0.717, 1.165) is 38.0 Å². The third-order valence-electron chi connectivity index (χ3n) is 1.45. The second-order valence-electron chi connectivity index (χ2n) is 2.48. The maximum Gasteiger partial charge on any atom is 0.152 e. The Hall–Kier alpha value is 0.400. The number of alkyl halides is 1. The molecule has 0 saturated heterocycles. The third-order valence-corrected chi connectivity index (χ3v) is 2.36. The molecule has 0 rings (SSSR count). The van der Waals surface area contributed by atoms with Crippen molar-refractivity contribution in [2.24, 2.45) is 0 Å². The van der Waals surface area contributed by atoms with Crippen LogP contribution >= 0.6 is 11.6 Å². The number of hydrogen-bond acceptors (Lipinski definition) is 1. The summed E-state index contributed by atoms with van der Waals surface area (Å²) >= 11 is 3.88. The Kier molecular flexibility index (Phi) is 8.81. The molecule has 0 fully saturated rings. The van der Waals surface area contributed by atoms with Crippen LogP contribution in [0.2, 0.25) is 0 Å². The van der Waals surface area contributed by atoms with Crippen molar-refractivity contribution in [3.8, 4) is 0 Å². The Labute approximate surface area is 75.6 Å². The summed E-state index contributed by atoms with van der Waals surface area (Å²) in [6.45, 7) is 0. The van der Waals surface area contributed by atoms with Crippen LogP contribution in [0.25, 0.3) is 0 Å². The average Bonchev–Trinajstić information content (AvgIpc) is 1.96. The molecule has 0 aromatic carbocycles. The van der Waals surface area contributed by atoms with E-state index in [9.17, 15) is 4.21 Å². The van der Waals surface area contributed by atoms with E-state index in [4.69, 9.17) is 16.2 Å². The molecule has 0 aliphatic carbocycles. The van der Waals surface area contributed by atoms with Crippen molar-refractivity contribution in [3.63, 3.8) is 0 Å². The molecule has 0 radical (unpaired) electrons. The van der Waals surface area contributed by atoms with Gasteiger partial charge < -0.3 is 4.55 Å². The van der Waals surface area contributed by atoms with Crippen LogP contribution in [0, 0.1) is 0 Å². The Morgan fingerprint density at radius 2 is 1.64 bits per heavy atom. The lowest BCUT2D eigenvalue weighted by Crippen LogP contribution is -1.94.